The molecule has 1 N–H and O–H groups in total. The molecule has 3 amide bonds. The molecule has 42 heavy (non-hydrogen) atoms. The maximum atomic E-state index is 14.6. The third kappa shape index (κ3) is 4.48. The molecule has 0 saturated carbocycles. The van der Waals surface area contributed by atoms with E-state index in [1.54, 1.807) is 14.7 Å². The van der Waals surface area contributed by atoms with Crippen LogP contribution in [0.4, 0.5) is 5.69 Å². The van der Waals surface area contributed by atoms with Crippen LogP contribution < -0.4 is 4.90 Å². The number of aliphatic hydroxyl groups excluding tert-OH is 1. The van der Waals surface area contributed by atoms with Gasteiger partial charge in [-0.1, -0.05) is 66.8 Å². The van der Waals surface area contributed by atoms with Crippen LogP contribution in [0.5, 0.6) is 0 Å². The summed E-state index contributed by atoms with van der Waals surface area (Å²) in [6.07, 6.45) is 8.71. The van der Waals surface area contributed by atoms with Gasteiger partial charge in [0.25, 0.3) is 5.91 Å². The molecule has 2 fully saturated rings. The zero-order valence-electron chi connectivity index (χ0n) is 24.5. The average molecular weight is 570 g/mol. The first kappa shape index (κ1) is 28.4. The van der Waals surface area contributed by atoms with E-state index in [-0.39, 0.29) is 24.3 Å². The molecule has 4 heterocycles. The molecule has 6 rings (SSSR count). The van der Waals surface area contributed by atoms with Gasteiger partial charge < -0.3 is 24.5 Å². The molecule has 4 aliphatic rings. The van der Waals surface area contributed by atoms with Gasteiger partial charge in [0.2, 0.25) is 11.8 Å². The molecule has 5 atom stereocenters. The van der Waals surface area contributed by atoms with Gasteiger partial charge in [0.1, 0.15) is 11.6 Å². The zero-order valence-corrected chi connectivity index (χ0v) is 24.5. The number of benzene rings is 2. The van der Waals surface area contributed by atoms with Crippen molar-refractivity contribution in [1.82, 2.24) is 9.80 Å². The SMILES string of the molecule is Cc1ccc(C)c(N2CC=C[C@]34O[C@]5(C)C=CCN(Cc6ccccc6)C(=O)[C@@H]5[C@H]3C(=O)N(CCCCO)C4C2=O)c1. The van der Waals surface area contributed by atoms with Crippen LogP contribution in [0, 0.1) is 25.7 Å². The molecule has 0 aliphatic carbocycles. The van der Waals surface area contributed by atoms with Gasteiger partial charge in [-0.15, -0.1) is 0 Å². The lowest BCUT2D eigenvalue weighted by atomic mass is 9.74. The second kappa shape index (κ2) is 10.8. The number of hydrogen-bond acceptors (Lipinski definition) is 5. The molecule has 0 radical (unpaired) electrons. The van der Waals surface area contributed by atoms with Crippen molar-refractivity contribution in [1.29, 1.82) is 0 Å². The molecular weight excluding hydrogens is 530 g/mol. The van der Waals surface area contributed by atoms with Crippen LogP contribution in [0.1, 0.15) is 36.5 Å². The first-order valence-electron chi connectivity index (χ1n) is 14.9. The third-order valence-electron chi connectivity index (χ3n) is 9.32. The van der Waals surface area contributed by atoms with Gasteiger partial charge in [-0.3, -0.25) is 14.4 Å². The first-order valence-corrected chi connectivity index (χ1v) is 14.9. The Bertz CT molecular complexity index is 1450. The van der Waals surface area contributed by atoms with Crippen molar-refractivity contribution < 1.29 is 24.2 Å². The van der Waals surface area contributed by atoms with Gasteiger partial charge in [-0.2, -0.15) is 0 Å². The number of aliphatic hydroxyl groups is 1. The Labute approximate surface area is 247 Å². The predicted octanol–water partition coefficient (Wildman–Crippen LogP) is 3.55. The Morgan fingerprint density at radius 1 is 0.905 bits per heavy atom. The normalized spacial score (nSPS) is 30.3. The predicted molar refractivity (Wildman–Crippen MR) is 159 cm³/mol. The van der Waals surface area contributed by atoms with Gasteiger partial charge in [0.15, 0.2) is 0 Å². The Morgan fingerprint density at radius 3 is 2.43 bits per heavy atom. The van der Waals surface area contributed by atoms with Gasteiger partial charge in [0.05, 0.1) is 17.4 Å². The van der Waals surface area contributed by atoms with Crippen LogP contribution >= 0.6 is 0 Å². The number of nitrogens with zero attached hydrogens (tertiary/aromatic N) is 3. The average Bonchev–Trinajstić information content (AvgIpc) is 3.24. The fourth-order valence-electron chi connectivity index (χ4n) is 7.38. The summed E-state index contributed by atoms with van der Waals surface area (Å²) < 4.78 is 6.93. The molecule has 4 aliphatic heterocycles. The summed E-state index contributed by atoms with van der Waals surface area (Å²) in [5.74, 6) is -2.24. The monoisotopic (exact) mass is 569 g/mol. The molecular formula is C34H39N3O5. The van der Waals surface area contributed by atoms with E-state index in [9.17, 15) is 19.5 Å². The summed E-state index contributed by atoms with van der Waals surface area (Å²) in [5.41, 5.74) is 1.45. The van der Waals surface area contributed by atoms with Crippen LogP contribution in [-0.2, 0) is 25.7 Å². The van der Waals surface area contributed by atoms with E-state index in [0.717, 1.165) is 22.4 Å². The fraction of sp³-hybridized carbons (Fsp3) is 0.441. The van der Waals surface area contributed by atoms with Crippen molar-refractivity contribution in [2.75, 3.05) is 31.1 Å². The summed E-state index contributed by atoms with van der Waals surface area (Å²) in [6.45, 7) is 7.31. The lowest BCUT2D eigenvalue weighted by molar-refractivity contribution is -0.148. The maximum Gasteiger partial charge on any atom is 0.253 e. The summed E-state index contributed by atoms with van der Waals surface area (Å²) in [7, 11) is 0. The Balaban J connectivity index is 1.43. The number of anilines is 1. The number of likely N-dealkylation sites (tertiary alicyclic amines) is 1. The minimum absolute atomic E-state index is 0.00134. The molecule has 1 unspecified atom stereocenters. The van der Waals surface area contributed by atoms with Gasteiger partial charge >= 0.3 is 0 Å². The number of ether oxygens (including phenoxy) is 1. The number of unbranched alkanes of at least 4 members (excludes halogenated alkanes) is 1. The number of fused-ring (bicyclic) bond motifs is 2. The number of amides is 3. The zero-order chi connectivity index (χ0) is 29.6. The minimum atomic E-state index is -1.30. The molecule has 0 bridgehead atoms. The lowest BCUT2D eigenvalue weighted by Crippen LogP contribution is -2.56. The Morgan fingerprint density at radius 2 is 1.67 bits per heavy atom. The Hall–Kier alpha value is -3.75. The highest BCUT2D eigenvalue weighted by atomic mass is 16.5. The van der Waals surface area contributed by atoms with Crippen LogP contribution in [-0.4, -0.2) is 76.1 Å². The standard InChI is InChI=1S/C34H39N3O5/c1-23-13-14-24(2)26(21-23)36-19-10-16-34-28(31(40)37(18-7-8-20-38)29(34)32(36)41)27-30(39)35(17-9-15-33(27,3)42-34)22-25-11-5-4-6-12-25/h4-6,9-16,21,27-29,38H,7-8,17-20,22H2,1-3H3/t27-,28-,29?,33+,34-/m0/s1. The quantitative estimate of drug-likeness (QED) is 0.407. The second-order valence-corrected chi connectivity index (χ2v) is 12.2. The fourth-order valence-corrected chi connectivity index (χ4v) is 7.38. The number of aryl methyl sites for hydroxylation is 2. The highest BCUT2D eigenvalue weighted by Crippen LogP contribution is 2.57. The van der Waals surface area contributed by atoms with E-state index in [0.29, 0.717) is 39.0 Å². The maximum absolute atomic E-state index is 14.6. The van der Waals surface area contributed by atoms with Crippen LogP contribution in [0.3, 0.4) is 0 Å². The number of carbonyl (C=O) groups excluding carboxylic acids is 3. The largest absolute Gasteiger partial charge is 0.396 e. The van der Waals surface area contributed by atoms with Gasteiger partial charge in [-0.25, -0.2) is 0 Å². The molecule has 1 spiro atoms. The number of carbonyl (C=O) groups is 3. The van der Waals surface area contributed by atoms with E-state index < -0.39 is 29.1 Å². The van der Waals surface area contributed by atoms with Crippen LogP contribution in [0.2, 0.25) is 0 Å². The summed E-state index contributed by atoms with van der Waals surface area (Å²) in [5, 5.41) is 9.47. The van der Waals surface area contributed by atoms with Crippen LogP contribution in [0.15, 0.2) is 72.8 Å². The highest BCUT2D eigenvalue weighted by molar-refractivity contribution is 6.06. The Kier molecular flexibility index (Phi) is 7.31. The second-order valence-electron chi connectivity index (χ2n) is 12.2. The third-order valence-corrected chi connectivity index (χ3v) is 9.32. The smallest absolute Gasteiger partial charge is 0.253 e. The van der Waals surface area contributed by atoms with Crippen molar-refractivity contribution in [3.63, 3.8) is 0 Å². The molecule has 8 heteroatoms. The van der Waals surface area contributed by atoms with E-state index in [2.05, 4.69) is 0 Å². The van der Waals surface area contributed by atoms with Gasteiger partial charge in [0, 0.05) is 38.5 Å². The van der Waals surface area contributed by atoms with Gasteiger partial charge in [-0.05, 0) is 56.4 Å². The molecule has 2 saturated heterocycles. The van der Waals surface area contributed by atoms with E-state index in [4.69, 9.17) is 4.74 Å². The van der Waals surface area contributed by atoms with Crippen molar-refractivity contribution >= 4 is 23.4 Å². The molecule has 220 valence electrons. The number of rotatable bonds is 7. The van der Waals surface area contributed by atoms with Crippen molar-refractivity contribution in [3.05, 3.63) is 89.5 Å². The molecule has 2 aromatic carbocycles. The highest BCUT2D eigenvalue weighted by Gasteiger charge is 2.74. The summed E-state index contributed by atoms with van der Waals surface area (Å²) in [4.78, 5) is 48.6. The minimum Gasteiger partial charge on any atom is -0.396 e. The molecule has 8 nitrogen and oxygen atoms in total. The topological polar surface area (TPSA) is 90.4 Å². The van der Waals surface area contributed by atoms with E-state index >= 15 is 0 Å². The summed E-state index contributed by atoms with van der Waals surface area (Å²) >= 11 is 0. The van der Waals surface area contributed by atoms with Crippen LogP contribution in [0.25, 0.3) is 0 Å². The van der Waals surface area contributed by atoms with Crippen molar-refractivity contribution in [2.24, 2.45) is 11.8 Å². The van der Waals surface area contributed by atoms with E-state index in [1.807, 2.05) is 93.6 Å². The van der Waals surface area contributed by atoms with Crippen molar-refractivity contribution in [2.45, 2.75) is 57.4 Å². The summed E-state index contributed by atoms with van der Waals surface area (Å²) in [6, 6.07) is 14.9. The van der Waals surface area contributed by atoms with Crippen molar-refractivity contribution in [3.8, 4) is 0 Å². The van der Waals surface area contributed by atoms with E-state index in [1.165, 1.54) is 0 Å². The number of hydrogen-bond donors (Lipinski definition) is 1. The molecule has 2 aromatic rings. The molecule has 0 aromatic heterocycles. The first-order chi connectivity index (χ1) is 20.2. The lowest BCUT2D eigenvalue weighted by Gasteiger charge is -2.37.